The molecule has 3 N–H and O–H groups in total. The SMILES string of the molecule is Cc1cc(C)cc(S(=O)(=O)NCCNC(=O)c2ccc(NC(=O)C3CC3)cc2)c1. The van der Waals surface area contributed by atoms with Crippen LogP contribution in [0, 0.1) is 19.8 Å². The molecule has 2 aromatic rings. The lowest BCUT2D eigenvalue weighted by molar-refractivity contribution is -0.117. The molecule has 0 atom stereocenters. The van der Waals surface area contributed by atoms with Crippen molar-refractivity contribution in [2.45, 2.75) is 31.6 Å². The minimum absolute atomic E-state index is 0.0123. The van der Waals surface area contributed by atoms with Crippen LogP contribution >= 0.6 is 0 Å². The Balaban J connectivity index is 1.47. The highest BCUT2D eigenvalue weighted by atomic mass is 32.2. The molecule has 1 aliphatic rings. The molecule has 0 radical (unpaired) electrons. The Hall–Kier alpha value is -2.71. The number of carbonyl (C=O) groups is 2. The highest BCUT2D eigenvalue weighted by molar-refractivity contribution is 7.89. The summed E-state index contributed by atoms with van der Waals surface area (Å²) in [6.07, 6.45) is 1.86. The highest BCUT2D eigenvalue weighted by Gasteiger charge is 2.29. The number of anilines is 1. The van der Waals surface area contributed by atoms with E-state index in [4.69, 9.17) is 0 Å². The second-order valence-electron chi connectivity index (χ2n) is 7.32. The number of nitrogens with one attached hydrogen (secondary N) is 3. The number of aryl methyl sites for hydroxylation is 2. The van der Waals surface area contributed by atoms with Gasteiger partial charge in [0.2, 0.25) is 15.9 Å². The van der Waals surface area contributed by atoms with Crippen molar-refractivity contribution in [1.29, 1.82) is 0 Å². The first-order valence-electron chi connectivity index (χ1n) is 9.52. The second-order valence-corrected chi connectivity index (χ2v) is 9.08. The maximum absolute atomic E-state index is 12.4. The molecule has 1 fully saturated rings. The maximum atomic E-state index is 12.4. The number of carbonyl (C=O) groups excluding carboxylic acids is 2. The Morgan fingerprint density at radius 3 is 2.17 bits per heavy atom. The minimum atomic E-state index is -3.63. The van der Waals surface area contributed by atoms with Crippen LogP contribution in [0.5, 0.6) is 0 Å². The predicted octanol–water partition coefficient (Wildman–Crippen LogP) is 2.36. The van der Waals surface area contributed by atoms with Crippen LogP contribution in [0.25, 0.3) is 0 Å². The molecule has 0 aliphatic heterocycles. The molecule has 0 saturated heterocycles. The Kier molecular flexibility index (Phi) is 6.34. The first-order valence-corrected chi connectivity index (χ1v) is 11.0. The zero-order chi connectivity index (χ0) is 21.0. The van der Waals surface area contributed by atoms with Gasteiger partial charge in [0.05, 0.1) is 4.90 Å². The van der Waals surface area contributed by atoms with E-state index in [0.29, 0.717) is 11.3 Å². The lowest BCUT2D eigenvalue weighted by Gasteiger charge is -2.10. The summed E-state index contributed by atoms with van der Waals surface area (Å²) in [7, 11) is -3.63. The smallest absolute Gasteiger partial charge is 0.251 e. The van der Waals surface area contributed by atoms with Gasteiger partial charge in [-0.1, -0.05) is 6.07 Å². The van der Waals surface area contributed by atoms with Crippen LogP contribution in [-0.4, -0.2) is 33.3 Å². The van der Waals surface area contributed by atoms with Crippen LogP contribution in [0.1, 0.15) is 34.3 Å². The van der Waals surface area contributed by atoms with E-state index >= 15 is 0 Å². The normalized spacial score (nSPS) is 13.7. The number of amides is 2. The Bertz CT molecular complexity index is 992. The van der Waals surface area contributed by atoms with Crippen LogP contribution < -0.4 is 15.4 Å². The predicted molar refractivity (Wildman–Crippen MR) is 111 cm³/mol. The van der Waals surface area contributed by atoms with Crippen LogP contribution in [0.3, 0.4) is 0 Å². The monoisotopic (exact) mass is 415 g/mol. The van der Waals surface area contributed by atoms with Crippen molar-refractivity contribution in [2.24, 2.45) is 5.92 Å². The van der Waals surface area contributed by atoms with Gasteiger partial charge in [-0.2, -0.15) is 0 Å². The summed E-state index contributed by atoms with van der Waals surface area (Å²) in [5.41, 5.74) is 2.83. The van der Waals surface area contributed by atoms with E-state index < -0.39 is 10.0 Å². The number of hydrogen-bond acceptors (Lipinski definition) is 4. The quantitative estimate of drug-likeness (QED) is 0.576. The lowest BCUT2D eigenvalue weighted by atomic mass is 10.2. The summed E-state index contributed by atoms with van der Waals surface area (Å²) in [5, 5.41) is 5.50. The van der Waals surface area contributed by atoms with Gasteiger partial charge in [0.25, 0.3) is 5.91 Å². The summed E-state index contributed by atoms with van der Waals surface area (Å²) in [4.78, 5) is 24.2. The summed E-state index contributed by atoms with van der Waals surface area (Å²) in [6, 6.07) is 11.7. The fourth-order valence-corrected chi connectivity index (χ4v) is 4.15. The van der Waals surface area contributed by atoms with Crippen molar-refractivity contribution in [3.05, 3.63) is 59.2 Å². The van der Waals surface area contributed by atoms with Gasteiger partial charge in [0.15, 0.2) is 0 Å². The van der Waals surface area contributed by atoms with E-state index in [1.807, 2.05) is 19.9 Å². The third-order valence-electron chi connectivity index (χ3n) is 4.57. The third-order valence-corrected chi connectivity index (χ3v) is 6.01. The van der Waals surface area contributed by atoms with Crippen molar-refractivity contribution in [3.8, 4) is 0 Å². The summed E-state index contributed by atoms with van der Waals surface area (Å²) >= 11 is 0. The van der Waals surface area contributed by atoms with Gasteiger partial charge in [-0.25, -0.2) is 13.1 Å². The van der Waals surface area contributed by atoms with Crippen LogP contribution in [0.2, 0.25) is 0 Å². The minimum Gasteiger partial charge on any atom is -0.351 e. The summed E-state index contributed by atoms with van der Waals surface area (Å²) in [6.45, 7) is 3.92. The summed E-state index contributed by atoms with van der Waals surface area (Å²) in [5.74, 6) is -0.181. The van der Waals surface area contributed by atoms with Crippen molar-refractivity contribution in [1.82, 2.24) is 10.0 Å². The Labute approximate surface area is 171 Å². The molecule has 154 valence electrons. The van der Waals surface area contributed by atoms with Gasteiger partial charge in [-0.05, 0) is 74.2 Å². The number of benzene rings is 2. The molecule has 0 unspecified atom stereocenters. The second kappa shape index (κ2) is 8.75. The van der Waals surface area contributed by atoms with E-state index in [0.717, 1.165) is 24.0 Å². The van der Waals surface area contributed by atoms with Gasteiger partial charge < -0.3 is 10.6 Å². The molecule has 3 rings (SSSR count). The Morgan fingerprint density at radius 1 is 0.966 bits per heavy atom. The average Bonchev–Trinajstić information content (AvgIpc) is 3.50. The number of rotatable bonds is 8. The molecular formula is C21H25N3O4S. The molecule has 0 aromatic heterocycles. The number of hydrogen-bond donors (Lipinski definition) is 3. The molecule has 0 spiro atoms. The van der Waals surface area contributed by atoms with Crippen LogP contribution in [0.4, 0.5) is 5.69 Å². The van der Waals surface area contributed by atoms with Crippen LogP contribution in [0.15, 0.2) is 47.4 Å². The molecule has 2 aromatic carbocycles. The molecule has 1 aliphatic carbocycles. The van der Waals surface area contributed by atoms with Crippen molar-refractivity contribution in [3.63, 3.8) is 0 Å². The maximum Gasteiger partial charge on any atom is 0.251 e. The standard InChI is InChI=1S/C21H25N3O4S/c1-14-11-15(2)13-19(12-14)29(27,28)23-10-9-22-20(25)16-5-7-18(8-6-16)24-21(26)17-3-4-17/h5-8,11-13,17,23H,3-4,9-10H2,1-2H3,(H,22,25)(H,24,26). The third kappa shape index (κ3) is 5.88. The van der Waals surface area contributed by atoms with E-state index in [-0.39, 0.29) is 35.7 Å². The lowest BCUT2D eigenvalue weighted by Crippen LogP contribution is -2.34. The fraction of sp³-hybridized carbons (Fsp3) is 0.333. The summed E-state index contributed by atoms with van der Waals surface area (Å²) < 4.78 is 27.2. The van der Waals surface area contributed by atoms with Gasteiger partial charge in [-0.3, -0.25) is 9.59 Å². The van der Waals surface area contributed by atoms with Crippen LogP contribution in [-0.2, 0) is 14.8 Å². The zero-order valence-electron chi connectivity index (χ0n) is 16.5. The molecule has 8 heteroatoms. The van der Waals surface area contributed by atoms with E-state index in [1.165, 1.54) is 0 Å². The van der Waals surface area contributed by atoms with Crippen molar-refractivity contribution < 1.29 is 18.0 Å². The van der Waals surface area contributed by atoms with Gasteiger partial charge in [0.1, 0.15) is 0 Å². The molecule has 0 heterocycles. The zero-order valence-corrected chi connectivity index (χ0v) is 17.3. The highest BCUT2D eigenvalue weighted by Crippen LogP contribution is 2.30. The van der Waals surface area contributed by atoms with E-state index in [2.05, 4.69) is 15.4 Å². The molecule has 1 saturated carbocycles. The molecular weight excluding hydrogens is 390 g/mol. The van der Waals surface area contributed by atoms with Crippen molar-refractivity contribution in [2.75, 3.05) is 18.4 Å². The number of sulfonamides is 1. The Morgan fingerprint density at radius 2 is 1.59 bits per heavy atom. The van der Waals surface area contributed by atoms with Gasteiger partial charge in [-0.15, -0.1) is 0 Å². The molecule has 2 amide bonds. The van der Waals surface area contributed by atoms with E-state index in [9.17, 15) is 18.0 Å². The van der Waals surface area contributed by atoms with Crippen molar-refractivity contribution >= 4 is 27.5 Å². The average molecular weight is 416 g/mol. The van der Waals surface area contributed by atoms with Gasteiger partial charge >= 0.3 is 0 Å². The largest absolute Gasteiger partial charge is 0.351 e. The first-order chi connectivity index (χ1) is 13.7. The molecule has 0 bridgehead atoms. The first kappa shape index (κ1) is 21.0. The van der Waals surface area contributed by atoms with Gasteiger partial charge in [0, 0.05) is 30.3 Å². The fourth-order valence-electron chi connectivity index (χ4n) is 2.93. The topological polar surface area (TPSA) is 104 Å². The molecule has 7 nitrogen and oxygen atoms in total. The van der Waals surface area contributed by atoms with E-state index in [1.54, 1.807) is 36.4 Å². The molecule has 29 heavy (non-hydrogen) atoms.